The number of hydrogen-bond acceptors (Lipinski definition) is 3. The molecule has 0 fully saturated rings. The summed E-state index contributed by atoms with van der Waals surface area (Å²) in [5.41, 5.74) is 4.74. The molecule has 0 atom stereocenters. The maximum absolute atomic E-state index is 9.24. The molecule has 3 rings (SSSR count). The van der Waals surface area contributed by atoms with E-state index in [0.717, 1.165) is 22.2 Å². The molecular weight excluding hydrogens is 258 g/mol. The summed E-state index contributed by atoms with van der Waals surface area (Å²) in [7, 11) is 0. The van der Waals surface area contributed by atoms with E-state index in [1.54, 1.807) is 6.20 Å². The highest BCUT2D eigenvalue weighted by Crippen LogP contribution is 2.20. The standard InChI is InChI=1S/C18H15N3/c1-13-4-2-6-18(16(13)11-19)21-12-14-7-8-17-15(10-14)5-3-9-20-17/h2-10,21H,12H2,1H3. The molecule has 102 valence electrons. The molecule has 0 saturated heterocycles. The fraction of sp³-hybridized carbons (Fsp3) is 0.111. The average molecular weight is 273 g/mol. The third-order valence-electron chi connectivity index (χ3n) is 3.53. The Morgan fingerprint density at radius 3 is 2.90 bits per heavy atom. The second-order valence-corrected chi connectivity index (χ2v) is 4.99. The van der Waals surface area contributed by atoms with Crippen LogP contribution < -0.4 is 5.32 Å². The summed E-state index contributed by atoms with van der Waals surface area (Å²) >= 11 is 0. The number of benzene rings is 2. The third-order valence-corrected chi connectivity index (χ3v) is 3.53. The SMILES string of the molecule is Cc1cccc(NCc2ccc3ncccc3c2)c1C#N. The smallest absolute Gasteiger partial charge is 0.102 e. The van der Waals surface area contributed by atoms with Gasteiger partial charge in [-0.05, 0) is 42.3 Å². The van der Waals surface area contributed by atoms with Gasteiger partial charge in [0.2, 0.25) is 0 Å². The van der Waals surface area contributed by atoms with Crippen LogP contribution in [0.4, 0.5) is 5.69 Å². The summed E-state index contributed by atoms with van der Waals surface area (Å²) in [6.07, 6.45) is 1.80. The fourth-order valence-corrected chi connectivity index (χ4v) is 2.40. The Hall–Kier alpha value is -2.86. The van der Waals surface area contributed by atoms with Gasteiger partial charge in [-0.2, -0.15) is 5.26 Å². The number of fused-ring (bicyclic) bond motifs is 1. The number of nitrogens with one attached hydrogen (secondary N) is 1. The van der Waals surface area contributed by atoms with E-state index in [0.29, 0.717) is 12.1 Å². The van der Waals surface area contributed by atoms with Gasteiger partial charge in [0.15, 0.2) is 0 Å². The highest BCUT2D eigenvalue weighted by atomic mass is 14.9. The number of anilines is 1. The largest absolute Gasteiger partial charge is 0.380 e. The Labute approximate surface area is 123 Å². The van der Waals surface area contributed by atoms with E-state index in [1.165, 1.54) is 5.56 Å². The van der Waals surface area contributed by atoms with Crippen molar-refractivity contribution in [3.8, 4) is 6.07 Å². The lowest BCUT2D eigenvalue weighted by molar-refractivity contribution is 1.15. The molecule has 1 N–H and O–H groups in total. The van der Waals surface area contributed by atoms with Gasteiger partial charge < -0.3 is 5.32 Å². The number of hydrogen-bond donors (Lipinski definition) is 1. The Bertz CT molecular complexity index is 831. The van der Waals surface area contributed by atoms with Gasteiger partial charge in [0.25, 0.3) is 0 Å². The fourth-order valence-electron chi connectivity index (χ4n) is 2.40. The molecule has 0 spiro atoms. The van der Waals surface area contributed by atoms with Gasteiger partial charge in [0.05, 0.1) is 16.8 Å². The molecule has 0 aliphatic rings. The molecule has 3 heteroatoms. The van der Waals surface area contributed by atoms with Crippen molar-refractivity contribution >= 4 is 16.6 Å². The zero-order valence-electron chi connectivity index (χ0n) is 11.8. The van der Waals surface area contributed by atoms with Crippen LogP contribution >= 0.6 is 0 Å². The van der Waals surface area contributed by atoms with Crippen molar-refractivity contribution in [3.63, 3.8) is 0 Å². The van der Waals surface area contributed by atoms with Crippen LogP contribution in [-0.4, -0.2) is 4.98 Å². The Kier molecular flexibility index (Phi) is 3.53. The van der Waals surface area contributed by atoms with E-state index in [1.807, 2.05) is 37.3 Å². The Morgan fingerprint density at radius 2 is 2.05 bits per heavy atom. The van der Waals surface area contributed by atoms with Crippen LogP contribution in [0, 0.1) is 18.3 Å². The number of rotatable bonds is 3. The maximum Gasteiger partial charge on any atom is 0.102 e. The van der Waals surface area contributed by atoms with E-state index < -0.39 is 0 Å². The molecule has 3 nitrogen and oxygen atoms in total. The van der Waals surface area contributed by atoms with Gasteiger partial charge in [0, 0.05) is 18.1 Å². The molecule has 0 aliphatic heterocycles. The van der Waals surface area contributed by atoms with Crippen molar-refractivity contribution in [3.05, 3.63) is 71.4 Å². The van der Waals surface area contributed by atoms with Crippen molar-refractivity contribution < 1.29 is 0 Å². The highest BCUT2D eigenvalue weighted by molar-refractivity contribution is 5.79. The lowest BCUT2D eigenvalue weighted by Gasteiger charge is -2.10. The second kappa shape index (κ2) is 5.64. The van der Waals surface area contributed by atoms with Crippen LogP contribution in [0.25, 0.3) is 10.9 Å². The summed E-state index contributed by atoms with van der Waals surface area (Å²) < 4.78 is 0. The van der Waals surface area contributed by atoms with Crippen LogP contribution in [0.3, 0.4) is 0 Å². The van der Waals surface area contributed by atoms with Gasteiger partial charge in [-0.25, -0.2) is 0 Å². The lowest BCUT2D eigenvalue weighted by Crippen LogP contribution is -2.02. The van der Waals surface area contributed by atoms with Gasteiger partial charge in [-0.3, -0.25) is 4.98 Å². The lowest BCUT2D eigenvalue weighted by atomic mass is 10.1. The molecule has 0 unspecified atom stereocenters. The Balaban J connectivity index is 1.84. The van der Waals surface area contributed by atoms with Gasteiger partial charge in [-0.1, -0.05) is 24.3 Å². The average Bonchev–Trinajstić information content (AvgIpc) is 2.52. The maximum atomic E-state index is 9.24. The quantitative estimate of drug-likeness (QED) is 0.783. The molecular formula is C18H15N3. The molecule has 21 heavy (non-hydrogen) atoms. The molecule has 1 heterocycles. The Morgan fingerprint density at radius 1 is 1.14 bits per heavy atom. The minimum Gasteiger partial charge on any atom is -0.380 e. The van der Waals surface area contributed by atoms with Crippen LogP contribution in [0.2, 0.25) is 0 Å². The van der Waals surface area contributed by atoms with E-state index in [2.05, 4.69) is 34.6 Å². The van der Waals surface area contributed by atoms with Crippen molar-refractivity contribution in [2.24, 2.45) is 0 Å². The van der Waals surface area contributed by atoms with E-state index >= 15 is 0 Å². The number of nitrogens with zero attached hydrogens (tertiary/aromatic N) is 2. The summed E-state index contributed by atoms with van der Waals surface area (Å²) in [5.74, 6) is 0. The molecule has 0 saturated carbocycles. The summed E-state index contributed by atoms with van der Waals surface area (Å²) in [6, 6.07) is 18.3. The first kappa shape index (κ1) is 13.1. The van der Waals surface area contributed by atoms with Crippen LogP contribution in [0.15, 0.2) is 54.7 Å². The van der Waals surface area contributed by atoms with Crippen molar-refractivity contribution in [1.29, 1.82) is 5.26 Å². The molecule has 0 amide bonds. The van der Waals surface area contributed by atoms with E-state index in [-0.39, 0.29) is 0 Å². The number of aromatic nitrogens is 1. The minimum absolute atomic E-state index is 0.683. The summed E-state index contributed by atoms with van der Waals surface area (Å²) in [5, 5.41) is 13.7. The van der Waals surface area contributed by atoms with Crippen LogP contribution in [-0.2, 0) is 6.54 Å². The first-order valence-electron chi connectivity index (χ1n) is 6.85. The van der Waals surface area contributed by atoms with Crippen molar-refractivity contribution in [2.45, 2.75) is 13.5 Å². The summed E-state index contributed by atoms with van der Waals surface area (Å²) in [6.45, 7) is 2.63. The van der Waals surface area contributed by atoms with Gasteiger partial charge in [-0.15, -0.1) is 0 Å². The predicted octanol–water partition coefficient (Wildman–Crippen LogP) is 4.03. The van der Waals surface area contributed by atoms with E-state index in [4.69, 9.17) is 0 Å². The number of pyridine rings is 1. The predicted molar refractivity (Wildman–Crippen MR) is 85.0 cm³/mol. The van der Waals surface area contributed by atoms with Gasteiger partial charge >= 0.3 is 0 Å². The molecule has 0 bridgehead atoms. The van der Waals surface area contributed by atoms with E-state index in [9.17, 15) is 5.26 Å². The number of nitriles is 1. The van der Waals surface area contributed by atoms with Crippen LogP contribution in [0.5, 0.6) is 0 Å². The first-order chi connectivity index (χ1) is 10.3. The van der Waals surface area contributed by atoms with Crippen LogP contribution in [0.1, 0.15) is 16.7 Å². The summed E-state index contributed by atoms with van der Waals surface area (Å²) in [4.78, 5) is 4.32. The monoisotopic (exact) mass is 273 g/mol. The third kappa shape index (κ3) is 2.70. The van der Waals surface area contributed by atoms with Crippen molar-refractivity contribution in [2.75, 3.05) is 5.32 Å². The number of aryl methyl sites for hydroxylation is 1. The first-order valence-corrected chi connectivity index (χ1v) is 6.85. The normalized spacial score (nSPS) is 10.3. The molecule has 0 aliphatic carbocycles. The molecule has 0 radical (unpaired) electrons. The zero-order valence-corrected chi connectivity index (χ0v) is 11.8. The van der Waals surface area contributed by atoms with Crippen molar-refractivity contribution in [1.82, 2.24) is 4.98 Å². The van der Waals surface area contributed by atoms with Gasteiger partial charge in [0.1, 0.15) is 6.07 Å². The topological polar surface area (TPSA) is 48.7 Å². The minimum atomic E-state index is 0.683. The molecule has 3 aromatic rings. The second-order valence-electron chi connectivity index (χ2n) is 4.99. The zero-order chi connectivity index (χ0) is 14.7. The molecule has 2 aromatic carbocycles. The molecule has 1 aromatic heterocycles. The highest BCUT2D eigenvalue weighted by Gasteiger charge is 2.04.